The van der Waals surface area contributed by atoms with E-state index < -0.39 is 11.2 Å². The topological polar surface area (TPSA) is 61.8 Å². The number of hydrogen-bond donors (Lipinski definition) is 0. The highest BCUT2D eigenvalue weighted by molar-refractivity contribution is 6.68. The average Bonchev–Trinajstić information content (AvgIpc) is 2.35. The van der Waals surface area contributed by atoms with Crippen LogP contribution in [-0.4, -0.2) is 32.5 Å². The summed E-state index contributed by atoms with van der Waals surface area (Å²) in [5.41, 5.74) is -0.0366. The first-order chi connectivity index (χ1) is 8.06. The molecule has 1 aromatic rings. The minimum atomic E-state index is -0.772. The fourth-order valence-corrected chi connectivity index (χ4v) is 1.55. The third kappa shape index (κ3) is 2.50. The molecule has 0 aliphatic carbocycles. The van der Waals surface area contributed by atoms with Gasteiger partial charge in [0.25, 0.3) is 5.24 Å². The van der Waals surface area contributed by atoms with Gasteiger partial charge in [0.15, 0.2) is 11.5 Å². The van der Waals surface area contributed by atoms with E-state index in [2.05, 4.69) is 4.74 Å². The standard InChI is InChI=1S/C11H11ClO5/c1-15-7-5-4-6(10(12)13)8(9(7)16-2)11(14)17-3/h4-5H,1-3H3. The predicted molar refractivity (Wildman–Crippen MR) is 61.1 cm³/mol. The van der Waals surface area contributed by atoms with E-state index in [1.54, 1.807) is 0 Å². The van der Waals surface area contributed by atoms with Gasteiger partial charge in [0.05, 0.1) is 26.9 Å². The molecule has 0 aliphatic rings. The molecule has 92 valence electrons. The third-order valence-corrected chi connectivity index (χ3v) is 2.35. The molecule has 0 atom stereocenters. The Balaban J connectivity index is 3.55. The molecule has 5 nitrogen and oxygen atoms in total. The van der Waals surface area contributed by atoms with Crippen LogP contribution in [0.1, 0.15) is 20.7 Å². The second-order valence-electron chi connectivity index (χ2n) is 2.99. The van der Waals surface area contributed by atoms with Crippen molar-refractivity contribution in [3.8, 4) is 11.5 Å². The van der Waals surface area contributed by atoms with E-state index in [-0.39, 0.29) is 16.9 Å². The zero-order valence-electron chi connectivity index (χ0n) is 9.57. The number of ether oxygens (including phenoxy) is 3. The highest BCUT2D eigenvalue weighted by atomic mass is 35.5. The summed E-state index contributed by atoms with van der Waals surface area (Å²) in [7, 11) is 3.97. The van der Waals surface area contributed by atoms with E-state index in [4.69, 9.17) is 21.1 Å². The number of halogens is 1. The zero-order chi connectivity index (χ0) is 13.0. The molecular formula is C11H11ClO5. The van der Waals surface area contributed by atoms with E-state index in [0.29, 0.717) is 5.75 Å². The maximum Gasteiger partial charge on any atom is 0.342 e. The van der Waals surface area contributed by atoms with Crippen LogP contribution in [0.2, 0.25) is 0 Å². The molecule has 0 bridgehead atoms. The van der Waals surface area contributed by atoms with Gasteiger partial charge in [-0.2, -0.15) is 0 Å². The lowest BCUT2D eigenvalue weighted by molar-refractivity contribution is 0.0593. The Morgan fingerprint density at radius 2 is 1.76 bits per heavy atom. The molecule has 0 amide bonds. The summed E-state index contributed by atoms with van der Waals surface area (Å²) in [5, 5.41) is -0.772. The fourth-order valence-electron chi connectivity index (χ4n) is 1.40. The van der Waals surface area contributed by atoms with E-state index in [1.807, 2.05) is 0 Å². The second kappa shape index (κ2) is 5.54. The molecule has 0 aliphatic heterocycles. The SMILES string of the molecule is COC(=O)c1c(C(=O)Cl)ccc(OC)c1OC. The van der Waals surface area contributed by atoms with Gasteiger partial charge in [-0.05, 0) is 23.7 Å². The maximum atomic E-state index is 11.6. The van der Waals surface area contributed by atoms with Gasteiger partial charge in [0.2, 0.25) is 0 Å². The Hall–Kier alpha value is -1.75. The highest BCUT2D eigenvalue weighted by Gasteiger charge is 2.24. The minimum absolute atomic E-state index is 0.0103. The molecule has 0 heterocycles. The van der Waals surface area contributed by atoms with Gasteiger partial charge in [-0.25, -0.2) is 4.79 Å². The Bertz CT molecular complexity index is 455. The fraction of sp³-hybridized carbons (Fsp3) is 0.273. The van der Waals surface area contributed by atoms with Crippen LogP contribution in [0.25, 0.3) is 0 Å². The van der Waals surface area contributed by atoms with Crippen LogP contribution in [-0.2, 0) is 4.74 Å². The first-order valence-electron chi connectivity index (χ1n) is 4.60. The summed E-state index contributed by atoms with van der Waals surface area (Å²) in [4.78, 5) is 22.8. The molecule has 0 radical (unpaired) electrons. The third-order valence-electron chi connectivity index (χ3n) is 2.15. The number of rotatable bonds is 4. The molecule has 0 fully saturated rings. The summed E-state index contributed by atoms with van der Waals surface area (Å²) in [6, 6.07) is 2.86. The van der Waals surface area contributed by atoms with Gasteiger partial charge >= 0.3 is 5.97 Å². The second-order valence-corrected chi connectivity index (χ2v) is 3.33. The molecule has 1 rings (SSSR count). The highest BCUT2D eigenvalue weighted by Crippen LogP contribution is 2.34. The normalized spacial score (nSPS) is 9.65. The number of benzene rings is 1. The maximum absolute atomic E-state index is 11.6. The van der Waals surface area contributed by atoms with Crippen molar-refractivity contribution in [2.75, 3.05) is 21.3 Å². The molecule has 0 saturated carbocycles. The van der Waals surface area contributed by atoms with Crippen LogP contribution in [0.5, 0.6) is 11.5 Å². The molecule has 6 heteroatoms. The smallest absolute Gasteiger partial charge is 0.342 e. The van der Waals surface area contributed by atoms with Crippen LogP contribution >= 0.6 is 11.6 Å². The number of hydrogen-bond acceptors (Lipinski definition) is 5. The molecule has 1 aromatic carbocycles. The Labute approximate surface area is 103 Å². The van der Waals surface area contributed by atoms with Crippen LogP contribution < -0.4 is 9.47 Å². The van der Waals surface area contributed by atoms with E-state index in [0.717, 1.165) is 0 Å². The van der Waals surface area contributed by atoms with E-state index in [9.17, 15) is 9.59 Å². The van der Waals surface area contributed by atoms with Crippen molar-refractivity contribution in [3.05, 3.63) is 23.3 Å². The average molecular weight is 259 g/mol. The van der Waals surface area contributed by atoms with Crippen LogP contribution in [0.15, 0.2) is 12.1 Å². The van der Waals surface area contributed by atoms with Crippen molar-refractivity contribution in [1.82, 2.24) is 0 Å². The first-order valence-corrected chi connectivity index (χ1v) is 4.97. The summed E-state index contributed by atoms with van der Waals surface area (Å²) < 4.78 is 14.6. The largest absolute Gasteiger partial charge is 0.493 e. The van der Waals surface area contributed by atoms with Crippen LogP contribution in [0, 0.1) is 0 Å². The van der Waals surface area contributed by atoms with Gasteiger partial charge in [-0.15, -0.1) is 0 Å². The molecular weight excluding hydrogens is 248 g/mol. The number of methoxy groups -OCH3 is 3. The lowest BCUT2D eigenvalue weighted by atomic mass is 10.1. The van der Waals surface area contributed by atoms with Crippen LogP contribution in [0.3, 0.4) is 0 Å². The summed E-state index contributed by atoms with van der Waals surface area (Å²) >= 11 is 5.39. The Morgan fingerprint density at radius 3 is 2.18 bits per heavy atom. The van der Waals surface area contributed by atoms with Crippen molar-refractivity contribution in [1.29, 1.82) is 0 Å². The number of carbonyl (C=O) groups excluding carboxylic acids is 2. The summed E-state index contributed by atoms with van der Waals surface area (Å²) in [6.07, 6.45) is 0. The molecule has 0 spiro atoms. The summed E-state index contributed by atoms with van der Waals surface area (Å²) in [5.74, 6) is -0.287. The number of carbonyl (C=O) groups is 2. The minimum Gasteiger partial charge on any atom is -0.493 e. The molecule has 17 heavy (non-hydrogen) atoms. The lowest BCUT2D eigenvalue weighted by Crippen LogP contribution is -2.10. The quantitative estimate of drug-likeness (QED) is 0.609. The van der Waals surface area contributed by atoms with E-state index >= 15 is 0 Å². The van der Waals surface area contributed by atoms with Gasteiger partial charge in [-0.3, -0.25) is 4.79 Å². The van der Waals surface area contributed by atoms with Crippen LogP contribution in [0.4, 0.5) is 0 Å². The Kier molecular flexibility index (Phi) is 4.34. The summed E-state index contributed by atoms with van der Waals surface area (Å²) in [6.45, 7) is 0. The van der Waals surface area contributed by atoms with Gasteiger partial charge in [0.1, 0.15) is 5.56 Å². The zero-order valence-corrected chi connectivity index (χ0v) is 10.3. The van der Waals surface area contributed by atoms with Crippen molar-refractivity contribution in [3.63, 3.8) is 0 Å². The van der Waals surface area contributed by atoms with Gasteiger partial charge in [0, 0.05) is 0 Å². The lowest BCUT2D eigenvalue weighted by Gasteiger charge is -2.13. The molecule has 0 unspecified atom stereocenters. The predicted octanol–water partition coefficient (Wildman–Crippen LogP) is 1.87. The molecule has 0 N–H and O–H groups in total. The first kappa shape index (κ1) is 13.3. The molecule has 0 saturated heterocycles. The van der Waals surface area contributed by atoms with Gasteiger partial charge in [-0.1, -0.05) is 0 Å². The Morgan fingerprint density at radius 1 is 1.12 bits per heavy atom. The van der Waals surface area contributed by atoms with Crippen molar-refractivity contribution in [2.24, 2.45) is 0 Å². The molecule has 0 aromatic heterocycles. The van der Waals surface area contributed by atoms with Gasteiger partial charge < -0.3 is 14.2 Å². The number of esters is 1. The van der Waals surface area contributed by atoms with Crippen molar-refractivity contribution in [2.45, 2.75) is 0 Å². The monoisotopic (exact) mass is 258 g/mol. The van der Waals surface area contributed by atoms with E-state index in [1.165, 1.54) is 33.5 Å². The van der Waals surface area contributed by atoms with Crippen molar-refractivity contribution >= 4 is 22.8 Å². The van der Waals surface area contributed by atoms with Crippen molar-refractivity contribution < 1.29 is 23.8 Å².